The molecule has 5 heteroatoms. The van der Waals surface area contributed by atoms with Gasteiger partial charge in [-0.3, -0.25) is 9.59 Å². The molecule has 0 aromatic heterocycles. The molecule has 0 radical (unpaired) electrons. The highest BCUT2D eigenvalue weighted by Gasteiger charge is 2.72. The van der Waals surface area contributed by atoms with Crippen molar-refractivity contribution in [1.82, 2.24) is 0 Å². The van der Waals surface area contributed by atoms with E-state index < -0.39 is 5.41 Å². The Balaban J connectivity index is 1.32. The van der Waals surface area contributed by atoms with Crippen molar-refractivity contribution in [2.45, 2.75) is 118 Å². The fraction of sp³-hybridized carbons (Fsp3) is 0.744. The van der Waals surface area contributed by atoms with Gasteiger partial charge in [-0.2, -0.15) is 0 Å². The normalized spacial score (nSPS) is 43.9. The number of aliphatic hydroxyl groups is 1. The van der Waals surface area contributed by atoms with E-state index in [2.05, 4.69) is 41.2 Å². The van der Waals surface area contributed by atoms with E-state index in [4.69, 9.17) is 9.47 Å². The monoisotopic (exact) mass is 604 g/mol. The molecule has 1 N–H and O–H groups in total. The number of carbonyl (C=O) groups excluding carboxylic acids is 2. The molecule has 0 heterocycles. The molecule has 1 aromatic rings. The second-order valence-electron chi connectivity index (χ2n) is 16.8. The van der Waals surface area contributed by atoms with Gasteiger partial charge in [0.1, 0.15) is 12.7 Å². The van der Waals surface area contributed by atoms with E-state index >= 15 is 0 Å². The molecule has 0 aliphatic heterocycles. The molecule has 1 aromatic carbocycles. The summed E-state index contributed by atoms with van der Waals surface area (Å²) in [4.78, 5) is 26.3. The summed E-state index contributed by atoms with van der Waals surface area (Å²) in [6, 6.07) is 10.0. The van der Waals surface area contributed by atoms with Crippen molar-refractivity contribution in [3.8, 4) is 0 Å². The van der Waals surface area contributed by atoms with Gasteiger partial charge >= 0.3 is 11.9 Å². The molecular formula is C39H56O5. The fourth-order valence-electron chi connectivity index (χ4n) is 12.8. The molecule has 5 saturated carbocycles. The van der Waals surface area contributed by atoms with Gasteiger partial charge < -0.3 is 14.6 Å². The van der Waals surface area contributed by atoms with Crippen LogP contribution in [0.2, 0.25) is 0 Å². The lowest BCUT2D eigenvalue weighted by atomic mass is 9.32. The maximum atomic E-state index is 14.2. The van der Waals surface area contributed by atoms with Gasteiger partial charge in [0.05, 0.1) is 12.0 Å². The zero-order chi connectivity index (χ0) is 31.7. The Bertz CT molecular complexity index is 1290. The predicted octanol–water partition coefficient (Wildman–Crippen LogP) is 8.29. The van der Waals surface area contributed by atoms with Gasteiger partial charge in [-0.05, 0) is 121 Å². The van der Waals surface area contributed by atoms with Crippen LogP contribution in [0.1, 0.15) is 111 Å². The smallest absolute Gasteiger partial charge is 0.312 e. The molecule has 0 saturated heterocycles. The first-order valence-electron chi connectivity index (χ1n) is 17.4. The molecule has 5 nitrogen and oxygen atoms in total. The molecule has 0 spiro atoms. The molecule has 6 rings (SSSR count). The van der Waals surface area contributed by atoms with E-state index in [1.54, 1.807) is 6.92 Å². The molecule has 44 heavy (non-hydrogen) atoms. The Morgan fingerprint density at radius 3 is 2.27 bits per heavy atom. The SMILES string of the molecule is C=C(CO)[C@@H]1CC[C@]2(C(=O)OCc3ccccc3)CC[C@]3(C)[C@H](CC[C@@H]4[C@@]5(C)CC[C@H](OC(C)=O)C(C)(C)[C@@H]5CC[C@]43C)[C@@H]12. The van der Waals surface area contributed by atoms with E-state index in [9.17, 15) is 14.7 Å². The number of hydrogen-bond donors (Lipinski definition) is 1. The summed E-state index contributed by atoms with van der Waals surface area (Å²) >= 11 is 0. The van der Waals surface area contributed by atoms with Crippen molar-refractivity contribution < 1.29 is 24.2 Å². The van der Waals surface area contributed by atoms with Crippen LogP contribution in [0.15, 0.2) is 42.5 Å². The summed E-state index contributed by atoms with van der Waals surface area (Å²) in [6.45, 7) is 18.6. The van der Waals surface area contributed by atoms with Gasteiger partial charge in [0, 0.05) is 12.3 Å². The van der Waals surface area contributed by atoms with Crippen LogP contribution < -0.4 is 0 Å². The highest BCUT2D eigenvalue weighted by Crippen LogP contribution is 2.77. The Morgan fingerprint density at radius 1 is 0.864 bits per heavy atom. The van der Waals surface area contributed by atoms with E-state index in [1.807, 2.05) is 30.3 Å². The number of ether oxygens (including phenoxy) is 2. The summed E-state index contributed by atoms with van der Waals surface area (Å²) in [6.07, 6.45) is 10.3. The predicted molar refractivity (Wildman–Crippen MR) is 172 cm³/mol. The van der Waals surface area contributed by atoms with Crippen molar-refractivity contribution in [3.63, 3.8) is 0 Å². The van der Waals surface area contributed by atoms with Gasteiger partial charge in [-0.25, -0.2) is 0 Å². The summed E-state index contributed by atoms with van der Waals surface area (Å²) in [5, 5.41) is 10.3. The first kappa shape index (κ1) is 31.8. The maximum Gasteiger partial charge on any atom is 0.312 e. The molecule has 5 aliphatic rings. The molecule has 5 fully saturated rings. The van der Waals surface area contributed by atoms with Crippen LogP contribution in [0.3, 0.4) is 0 Å². The minimum atomic E-state index is -0.504. The third kappa shape index (κ3) is 4.48. The van der Waals surface area contributed by atoms with Crippen molar-refractivity contribution in [3.05, 3.63) is 48.0 Å². The molecule has 10 atom stereocenters. The zero-order valence-electron chi connectivity index (χ0n) is 28.1. The Kier molecular flexibility index (Phi) is 7.95. The van der Waals surface area contributed by atoms with Crippen molar-refractivity contribution in [2.24, 2.45) is 56.7 Å². The average molecular weight is 605 g/mol. The number of fused-ring (bicyclic) bond motifs is 7. The Labute approximate surface area is 265 Å². The molecule has 0 amide bonds. The van der Waals surface area contributed by atoms with Gasteiger partial charge in [0.15, 0.2) is 0 Å². The van der Waals surface area contributed by atoms with Crippen LogP contribution in [0.4, 0.5) is 0 Å². The molecule has 5 aliphatic carbocycles. The zero-order valence-corrected chi connectivity index (χ0v) is 28.1. The molecule has 0 bridgehead atoms. The van der Waals surface area contributed by atoms with Gasteiger partial charge in [-0.15, -0.1) is 0 Å². The van der Waals surface area contributed by atoms with Crippen LogP contribution in [0.25, 0.3) is 0 Å². The third-order valence-corrected chi connectivity index (χ3v) is 15.0. The van der Waals surface area contributed by atoms with Crippen LogP contribution >= 0.6 is 0 Å². The van der Waals surface area contributed by atoms with Crippen LogP contribution in [-0.2, 0) is 25.7 Å². The topological polar surface area (TPSA) is 72.8 Å². The van der Waals surface area contributed by atoms with Crippen molar-refractivity contribution in [1.29, 1.82) is 0 Å². The standard InChI is InChI=1S/C39H56O5/c1-25(23-40)28-15-20-39(34(42)43-24-27-11-9-8-10-12-27)22-21-37(6)29(33(28)39)13-14-31-36(5)18-17-32(44-26(2)41)35(3,4)30(36)16-19-38(31,37)7/h8-12,28-33,40H,1,13-24H2,2-7H3/t28-,29+,30-,31+,32-,33+,36-,37+,38+,39-/m0/s1. The lowest BCUT2D eigenvalue weighted by Crippen LogP contribution is -2.67. The van der Waals surface area contributed by atoms with Crippen LogP contribution in [0.5, 0.6) is 0 Å². The molecule has 0 unspecified atom stereocenters. The number of benzene rings is 1. The number of rotatable bonds is 6. The largest absolute Gasteiger partial charge is 0.462 e. The minimum Gasteiger partial charge on any atom is -0.462 e. The van der Waals surface area contributed by atoms with Gasteiger partial charge in [-0.1, -0.05) is 71.5 Å². The second kappa shape index (κ2) is 11.0. The average Bonchev–Trinajstić information content (AvgIpc) is 3.39. The molecule has 242 valence electrons. The number of esters is 2. The fourth-order valence-corrected chi connectivity index (χ4v) is 12.8. The van der Waals surface area contributed by atoms with E-state index in [1.165, 1.54) is 12.8 Å². The van der Waals surface area contributed by atoms with Crippen LogP contribution in [0, 0.1) is 56.7 Å². The lowest BCUT2D eigenvalue weighted by Gasteiger charge is -2.72. The van der Waals surface area contributed by atoms with E-state index in [-0.39, 0.29) is 58.1 Å². The summed E-state index contributed by atoms with van der Waals surface area (Å²) in [5.41, 5.74) is 1.78. The minimum absolute atomic E-state index is 0.0159. The quantitative estimate of drug-likeness (QED) is 0.261. The highest BCUT2D eigenvalue weighted by atomic mass is 16.5. The van der Waals surface area contributed by atoms with E-state index in [0.717, 1.165) is 62.5 Å². The number of carbonyl (C=O) groups is 2. The number of aliphatic hydroxyl groups excluding tert-OH is 1. The summed E-state index contributed by atoms with van der Waals surface area (Å²) in [5.74, 6) is 1.60. The summed E-state index contributed by atoms with van der Waals surface area (Å²) < 4.78 is 12.1. The highest BCUT2D eigenvalue weighted by molar-refractivity contribution is 5.78. The Hall–Kier alpha value is -2.14. The van der Waals surface area contributed by atoms with Crippen molar-refractivity contribution >= 4 is 11.9 Å². The third-order valence-electron chi connectivity index (χ3n) is 15.0. The van der Waals surface area contributed by atoms with Crippen LogP contribution in [-0.4, -0.2) is 29.8 Å². The maximum absolute atomic E-state index is 14.2. The second-order valence-corrected chi connectivity index (χ2v) is 16.8. The molecular weight excluding hydrogens is 548 g/mol. The van der Waals surface area contributed by atoms with Gasteiger partial charge in [0.25, 0.3) is 0 Å². The van der Waals surface area contributed by atoms with Crippen molar-refractivity contribution in [2.75, 3.05) is 6.61 Å². The van der Waals surface area contributed by atoms with Gasteiger partial charge in [0.2, 0.25) is 0 Å². The first-order valence-corrected chi connectivity index (χ1v) is 17.4. The summed E-state index contributed by atoms with van der Waals surface area (Å²) in [7, 11) is 0. The van der Waals surface area contributed by atoms with E-state index in [0.29, 0.717) is 24.4 Å². The lowest BCUT2D eigenvalue weighted by molar-refractivity contribution is -0.251. The Morgan fingerprint density at radius 2 is 1.59 bits per heavy atom. The number of hydrogen-bond acceptors (Lipinski definition) is 5. The first-order chi connectivity index (χ1) is 20.7.